The van der Waals surface area contributed by atoms with Crippen molar-refractivity contribution in [3.63, 3.8) is 0 Å². The Morgan fingerprint density at radius 3 is 2.24 bits per heavy atom. The Morgan fingerprint density at radius 1 is 1.24 bits per heavy atom. The molecule has 3 nitrogen and oxygen atoms in total. The van der Waals surface area contributed by atoms with Gasteiger partial charge in [-0.3, -0.25) is 5.32 Å². The third-order valence-electron chi connectivity index (χ3n) is 2.66. The fourth-order valence-electron chi connectivity index (χ4n) is 1.99. The predicted octanol–water partition coefficient (Wildman–Crippen LogP) is 3.11. The highest BCUT2D eigenvalue weighted by atomic mass is 16.5. The fourth-order valence-corrected chi connectivity index (χ4v) is 1.99. The first kappa shape index (κ1) is 16.4. The average molecular weight is 240 g/mol. The van der Waals surface area contributed by atoms with Gasteiger partial charge in [0.05, 0.1) is 12.2 Å². The lowest BCUT2D eigenvalue weighted by atomic mass is 9.99. The second-order valence-corrected chi connectivity index (χ2v) is 5.80. The Labute approximate surface area is 107 Å². The highest BCUT2D eigenvalue weighted by molar-refractivity contribution is 5.04. The van der Waals surface area contributed by atoms with Crippen molar-refractivity contribution in [1.29, 1.82) is 5.26 Å². The number of ether oxygens (including phenoxy) is 1. The molecule has 0 aromatic rings. The predicted molar refractivity (Wildman–Crippen MR) is 71.8 cm³/mol. The first-order valence-corrected chi connectivity index (χ1v) is 6.59. The van der Waals surface area contributed by atoms with Crippen LogP contribution >= 0.6 is 0 Å². The molecule has 2 unspecified atom stereocenters. The molecule has 0 aliphatic heterocycles. The molecule has 0 aliphatic carbocycles. The zero-order chi connectivity index (χ0) is 13.5. The van der Waals surface area contributed by atoms with E-state index in [4.69, 9.17) is 4.74 Å². The molecule has 0 aromatic heterocycles. The van der Waals surface area contributed by atoms with Crippen molar-refractivity contribution in [3.05, 3.63) is 0 Å². The molecule has 0 heterocycles. The summed E-state index contributed by atoms with van der Waals surface area (Å²) < 4.78 is 5.74. The molecule has 0 aromatic carbocycles. The highest BCUT2D eigenvalue weighted by Crippen LogP contribution is 2.13. The van der Waals surface area contributed by atoms with Gasteiger partial charge in [-0.1, -0.05) is 13.8 Å². The van der Waals surface area contributed by atoms with Crippen LogP contribution in [0.2, 0.25) is 0 Å². The van der Waals surface area contributed by atoms with Crippen LogP contribution in [0.15, 0.2) is 0 Å². The topological polar surface area (TPSA) is 45.0 Å². The maximum atomic E-state index is 9.18. The van der Waals surface area contributed by atoms with Crippen LogP contribution in [0.3, 0.4) is 0 Å². The van der Waals surface area contributed by atoms with Crippen molar-refractivity contribution in [2.24, 2.45) is 5.92 Å². The minimum Gasteiger partial charge on any atom is -0.378 e. The first-order chi connectivity index (χ1) is 7.79. The second-order valence-electron chi connectivity index (χ2n) is 5.80. The molecule has 100 valence electrons. The van der Waals surface area contributed by atoms with Crippen LogP contribution in [0.1, 0.15) is 54.4 Å². The highest BCUT2D eigenvalue weighted by Gasteiger charge is 2.24. The normalized spacial score (nSPS) is 16.9. The Hall–Kier alpha value is -0.590. The number of nitrogens with one attached hydrogen (secondary N) is 1. The van der Waals surface area contributed by atoms with E-state index in [0.717, 1.165) is 12.8 Å². The zero-order valence-corrected chi connectivity index (χ0v) is 12.2. The summed E-state index contributed by atoms with van der Waals surface area (Å²) in [6.07, 6.45) is 2.07. The maximum absolute atomic E-state index is 9.18. The van der Waals surface area contributed by atoms with E-state index >= 15 is 0 Å². The second kappa shape index (κ2) is 7.68. The number of nitrogens with zero attached hydrogens (tertiary/aromatic N) is 1. The Bertz CT molecular complexity index is 245. The molecule has 0 amide bonds. The molecule has 0 saturated carbocycles. The van der Waals surface area contributed by atoms with Gasteiger partial charge in [-0.15, -0.1) is 0 Å². The van der Waals surface area contributed by atoms with Crippen molar-refractivity contribution >= 4 is 0 Å². The van der Waals surface area contributed by atoms with Gasteiger partial charge in [-0.2, -0.15) is 5.26 Å². The smallest absolute Gasteiger partial charge is 0.106 e. The van der Waals surface area contributed by atoms with Crippen LogP contribution < -0.4 is 5.32 Å². The van der Waals surface area contributed by atoms with E-state index in [9.17, 15) is 5.26 Å². The monoisotopic (exact) mass is 240 g/mol. The van der Waals surface area contributed by atoms with E-state index in [1.807, 2.05) is 6.92 Å². The summed E-state index contributed by atoms with van der Waals surface area (Å²) in [7, 11) is 0. The minimum atomic E-state index is -0.480. The van der Waals surface area contributed by atoms with E-state index in [1.54, 1.807) is 0 Å². The molecule has 1 N–H and O–H groups in total. The van der Waals surface area contributed by atoms with Gasteiger partial charge in [0.2, 0.25) is 0 Å². The van der Waals surface area contributed by atoms with E-state index < -0.39 is 5.54 Å². The molecule has 0 saturated heterocycles. The summed E-state index contributed by atoms with van der Waals surface area (Å²) in [6, 6.07) is 2.65. The van der Waals surface area contributed by atoms with Crippen LogP contribution in [0.25, 0.3) is 0 Å². The van der Waals surface area contributed by atoms with E-state index in [2.05, 4.69) is 46.0 Å². The van der Waals surface area contributed by atoms with Crippen LogP contribution in [0, 0.1) is 17.2 Å². The van der Waals surface area contributed by atoms with E-state index in [0.29, 0.717) is 18.6 Å². The molecule has 0 aliphatic rings. The van der Waals surface area contributed by atoms with Gasteiger partial charge < -0.3 is 4.74 Å². The van der Waals surface area contributed by atoms with Gasteiger partial charge in [-0.05, 0) is 40.0 Å². The third kappa shape index (κ3) is 8.18. The average Bonchev–Trinajstić information content (AvgIpc) is 2.15. The molecule has 0 radical (unpaired) electrons. The summed E-state index contributed by atoms with van der Waals surface area (Å²) in [5.41, 5.74) is -0.480. The lowest BCUT2D eigenvalue weighted by molar-refractivity contribution is 0.0423. The van der Waals surface area contributed by atoms with Gasteiger partial charge in [0.1, 0.15) is 5.54 Å². The molecule has 0 rings (SSSR count). The molecule has 3 heteroatoms. The van der Waals surface area contributed by atoms with Crippen molar-refractivity contribution in [3.8, 4) is 6.07 Å². The van der Waals surface area contributed by atoms with Crippen LogP contribution in [0.4, 0.5) is 0 Å². The lowest BCUT2D eigenvalue weighted by Crippen LogP contribution is -2.45. The maximum Gasteiger partial charge on any atom is 0.106 e. The van der Waals surface area contributed by atoms with Crippen molar-refractivity contribution < 1.29 is 4.74 Å². The molecule has 0 spiro atoms. The zero-order valence-electron chi connectivity index (χ0n) is 12.2. The third-order valence-corrected chi connectivity index (χ3v) is 2.66. The first-order valence-electron chi connectivity index (χ1n) is 6.59. The van der Waals surface area contributed by atoms with Crippen LogP contribution in [-0.2, 0) is 4.74 Å². The molecule has 2 atom stereocenters. The summed E-state index contributed by atoms with van der Waals surface area (Å²) in [5, 5.41) is 12.5. The van der Waals surface area contributed by atoms with Gasteiger partial charge in [-0.25, -0.2) is 0 Å². The van der Waals surface area contributed by atoms with Gasteiger partial charge in [0, 0.05) is 19.1 Å². The SMILES string of the molecule is CC(C)CC(C)OCCC(C)(C#N)NC(C)C. The molecular weight excluding hydrogens is 212 g/mol. The summed E-state index contributed by atoms with van der Waals surface area (Å²) in [6.45, 7) is 13.2. The standard InChI is InChI=1S/C14H28N2O/c1-11(2)9-13(5)17-8-7-14(6,10-15)16-12(3)4/h11-13,16H,7-9H2,1-6H3. The summed E-state index contributed by atoms with van der Waals surface area (Å²) >= 11 is 0. The van der Waals surface area contributed by atoms with Gasteiger partial charge in [0.15, 0.2) is 0 Å². The van der Waals surface area contributed by atoms with Crippen LogP contribution in [0.5, 0.6) is 0 Å². The van der Waals surface area contributed by atoms with Crippen LogP contribution in [-0.4, -0.2) is 24.3 Å². The quantitative estimate of drug-likeness (QED) is 0.709. The molecular formula is C14H28N2O. The molecule has 17 heavy (non-hydrogen) atoms. The molecule has 0 bridgehead atoms. The van der Waals surface area contributed by atoms with Gasteiger partial charge in [0.25, 0.3) is 0 Å². The summed E-state index contributed by atoms with van der Waals surface area (Å²) in [4.78, 5) is 0. The van der Waals surface area contributed by atoms with E-state index in [1.165, 1.54) is 0 Å². The van der Waals surface area contributed by atoms with Gasteiger partial charge >= 0.3 is 0 Å². The van der Waals surface area contributed by atoms with Crippen molar-refractivity contribution in [1.82, 2.24) is 5.32 Å². The Balaban J connectivity index is 3.96. The fraction of sp³-hybridized carbons (Fsp3) is 0.929. The molecule has 0 fully saturated rings. The number of rotatable bonds is 8. The largest absolute Gasteiger partial charge is 0.378 e. The Morgan fingerprint density at radius 2 is 1.82 bits per heavy atom. The van der Waals surface area contributed by atoms with Crippen molar-refractivity contribution in [2.45, 2.75) is 72.1 Å². The van der Waals surface area contributed by atoms with Crippen molar-refractivity contribution in [2.75, 3.05) is 6.61 Å². The number of nitriles is 1. The number of hydrogen-bond acceptors (Lipinski definition) is 3. The lowest BCUT2D eigenvalue weighted by Gasteiger charge is -2.26. The minimum absolute atomic E-state index is 0.275. The summed E-state index contributed by atoms with van der Waals surface area (Å²) in [5.74, 6) is 0.654. The number of hydrogen-bond donors (Lipinski definition) is 1. The Kier molecular flexibility index (Phi) is 7.41. The van der Waals surface area contributed by atoms with E-state index in [-0.39, 0.29) is 6.10 Å².